The van der Waals surface area contributed by atoms with Gasteiger partial charge in [-0.3, -0.25) is 9.10 Å². The summed E-state index contributed by atoms with van der Waals surface area (Å²) in [7, 11) is -3.81. The Morgan fingerprint density at radius 2 is 1.65 bits per heavy atom. The molecule has 1 N–H and O–H groups in total. The summed E-state index contributed by atoms with van der Waals surface area (Å²) >= 11 is 18.1. The molecule has 1 amide bonds. The summed E-state index contributed by atoms with van der Waals surface area (Å²) in [5.74, 6) is -0.531. The van der Waals surface area contributed by atoms with Crippen LogP contribution in [0, 0.1) is 6.92 Å². The van der Waals surface area contributed by atoms with Crippen molar-refractivity contribution in [2.24, 2.45) is 0 Å². The molecule has 0 aliphatic heterocycles. The van der Waals surface area contributed by atoms with E-state index < -0.39 is 22.0 Å². The highest BCUT2D eigenvalue weighted by Gasteiger charge is 2.31. The SMILES string of the molecule is Cc1ccc(Cl)cc1NC(=O)[C@@H](C)N(c1cc(Cl)ccc1Cl)S(C)(=O)=O. The molecule has 5 nitrogen and oxygen atoms in total. The summed E-state index contributed by atoms with van der Waals surface area (Å²) in [5.41, 5.74) is 1.42. The highest BCUT2D eigenvalue weighted by molar-refractivity contribution is 7.92. The predicted octanol–water partition coefficient (Wildman–Crippen LogP) is 4.75. The molecule has 0 aliphatic carbocycles. The number of rotatable bonds is 5. The molecule has 0 spiro atoms. The van der Waals surface area contributed by atoms with Gasteiger partial charge in [0.15, 0.2) is 0 Å². The van der Waals surface area contributed by atoms with Gasteiger partial charge in [-0.2, -0.15) is 0 Å². The normalized spacial score (nSPS) is 12.5. The number of anilines is 2. The molecule has 0 aliphatic rings. The number of nitrogens with one attached hydrogen (secondary N) is 1. The van der Waals surface area contributed by atoms with Gasteiger partial charge < -0.3 is 5.32 Å². The lowest BCUT2D eigenvalue weighted by Gasteiger charge is -2.29. The minimum atomic E-state index is -3.81. The van der Waals surface area contributed by atoms with Crippen LogP contribution < -0.4 is 9.62 Å². The Hall–Kier alpha value is -1.47. The van der Waals surface area contributed by atoms with Crippen LogP contribution in [-0.2, 0) is 14.8 Å². The Kier molecular flexibility index (Phi) is 6.45. The van der Waals surface area contributed by atoms with Crippen LogP contribution >= 0.6 is 34.8 Å². The molecular weight excluding hydrogens is 419 g/mol. The van der Waals surface area contributed by atoms with Crippen molar-refractivity contribution >= 4 is 62.1 Å². The Labute approximate surface area is 167 Å². The van der Waals surface area contributed by atoms with Crippen LogP contribution in [0.4, 0.5) is 11.4 Å². The lowest BCUT2D eigenvalue weighted by molar-refractivity contribution is -0.116. The molecule has 0 heterocycles. The molecule has 2 aromatic carbocycles. The highest BCUT2D eigenvalue weighted by Crippen LogP contribution is 2.32. The summed E-state index contributed by atoms with van der Waals surface area (Å²) in [4.78, 5) is 12.7. The Morgan fingerprint density at radius 3 is 2.27 bits per heavy atom. The maximum Gasteiger partial charge on any atom is 0.248 e. The number of nitrogens with zero attached hydrogens (tertiary/aromatic N) is 1. The molecule has 140 valence electrons. The monoisotopic (exact) mass is 434 g/mol. The van der Waals surface area contributed by atoms with Crippen molar-refractivity contribution in [3.05, 3.63) is 57.0 Å². The van der Waals surface area contributed by atoms with E-state index in [9.17, 15) is 13.2 Å². The van der Waals surface area contributed by atoms with Crippen LogP contribution in [0.1, 0.15) is 12.5 Å². The summed E-state index contributed by atoms with van der Waals surface area (Å²) in [6.45, 7) is 3.27. The first-order valence-electron chi connectivity index (χ1n) is 7.52. The number of aryl methyl sites for hydroxylation is 1. The van der Waals surface area contributed by atoms with Gasteiger partial charge >= 0.3 is 0 Å². The second-order valence-electron chi connectivity index (χ2n) is 5.78. The first kappa shape index (κ1) is 20.8. The zero-order valence-electron chi connectivity index (χ0n) is 14.3. The average Bonchev–Trinajstić information content (AvgIpc) is 2.53. The molecule has 1 atom stereocenters. The Morgan fingerprint density at radius 1 is 1.08 bits per heavy atom. The minimum Gasteiger partial charge on any atom is -0.324 e. The fraction of sp³-hybridized carbons (Fsp3) is 0.235. The van der Waals surface area contributed by atoms with Crippen molar-refractivity contribution in [2.75, 3.05) is 15.9 Å². The first-order valence-corrected chi connectivity index (χ1v) is 10.5. The number of halogens is 3. The zero-order valence-corrected chi connectivity index (χ0v) is 17.3. The number of sulfonamides is 1. The standard InChI is InChI=1S/C17H17Cl3N2O3S/c1-10-4-5-12(18)8-15(10)21-17(23)11(2)22(26(3,24)25)16-9-13(19)6-7-14(16)20/h4-9,11H,1-3H3,(H,21,23)/t11-/m1/s1. The van der Waals surface area contributed by atoms with Gasteiger partial charge in [0, 0.05) is 15.7 Å². The van der Waals surface area contributed by atoms with Crippen molar-refractivity contribution in [1.29, 1.82) is 0 Å². The van der Waals surface area contributed by atoms with E-state index in [4.69, 9.17) is 34.8 Å². The van der Waals surface area contributed by atoms with Crippen LogP contribution in [0.15, 0.2) is 36.4 Å². The number of carbonyl (C=O) groups excluding carboxylic acids is 1. The Balaban J connectivity index is 2.41. The average molecular weight is 436 g/mol. The molecule has 0 saturated carbocycles. The second kappa shape index (κ2) is 8.05. The van der Waals surface area contributed by atoms with E-state index in [1.54, 1.807) is 25.1 Å². The zero-order chi connectivity index (χ0) is 19.6. The quantitative estimate of drug-likeness (QED) is 0.737. The van der Waals surface area contributed by atoms with E-state index in [1.807, 2.05) is 0 Å². The predicted molar refractivity (Wildman–Crippen MR) is 108 cm³/mol. The van der Waals surface area contributed by atoms with Crippen LogP contribution in [0.3, 0.4) is 0 Å². The van der Waals surface area contributed by atoms with Gasteiger partial charge in [-0.1, -0.05) is 40.9 Å². The van der Waals surface area contributed by atoms with Crippen molar-refractivity contribution in [2.45, 2.75) is 19.9 Å². The molecule has 0 unspecified atom stereocenters. The lowest BCUT2D eigenvalue weighted by atomic mass is 10.2. The fourth-order valence-corrected chi connectivity index (χ4v) is 4.18. The molecule has 2 rings (SSSR count). The number of amides is 1. The number of hydrogen-bond donors (Lipinski definition) is 1. The summed E-state index contributed by atoms with van der Waals surface area (Å²) < 4.78 is 25.6. The van der Waals surface area contributed by atoms with Gasteiger partial charge in [0.2, 0.25) is 15.9 Å². The van der Waals surface area contributed by atoms with Gasteiger partial charge in [0.1, 0.15) is 6.04 Å². The third kappa shape index (κ3) is 4.82. The van der Waals surface area contributed by atoms with E-state index in [0.29, 0.717) is 15.7 Å². The van der Waals surface area contributed by atoms with Gasteiger partial charge in [0.25, 0.3) is 0 Å². The van der Waals surface area contributed by atoms with Gasteiger partial charge in [0.05, 0.1) is 17.0 Å². The second-order valence-corrected chi connectivity index (χ2v) is 8.92. The summed E-state index contributed by atoms with van der Waals surface area (Å²) in [6, 6.07) is 8.39. The molecule has 2 aromatic rings. The van der Waals surface area contributed by atoms with Crippen molar-refractivity contribution in [3.63, 3.8) is 0 Å². The molecule has 0 aromatic heterocycles. The maximum absolute atomic E-state index is 12.7. The third-order valence-corrected chi connectivity index (χ3v) is 5.71. The van der Waals surface area contributed by atoms with Crippen LogP contribution in [0.25, 0.3) is 0 Å². The Bertz CT molecular complexity index is 948. The highest BCUT2D eigenvalue weighted by atomic mass is 35.5. The fourth-order valence-electron chi connectivity index (χ4n) is 2.40. The van der Waals surface area contributed by atoms with Crippen LogP contribution in [0.5, 0.6) is 0 Å². The molecule has 26 heavy (non-hydrogen) atoms. The van der Waals surface area contributed by atoms with E-state index in [2.05, 4.69) is 5.32 Å². The van der Waals surface area contributed by atoms with Gasteiger partial charge in [-0.15, -0.1) is 0 Å². The smallest absolute Gasteiger partial charge is 0.248 e. The maximum atomic E-state index is 12.7. The van der Waals surface area contributed by atoms with E-state index >= 15 is 0 Å². The van der Waals surface area contributed by atoms with Crippen molar-refractivity contribution in [3.8, 4) is 0 Å². The van der Waals surface area contributed by atoms with Crippen LogP contribution in [-0.4, -0.2) is 26.6 Å². The first-order chi connectivity index (χ1) is 12.0. The molecule has 0 saturated heterocycles. The number of hydrogen-bond acceptors (Lipinski definition) is 3. The molecule has 0 radical (unpaired) electrons. The molecule has 9 heteroatoms. The molecule has 0 fully saturated rings. The van der Waals surface area contributed by atoms with Crippen LogP contribution in [0.2, 0.25) is 15.1 Å². The minimum absolute atomic E-state index is 0.132. The molecular formula is C17H17Cl3N2O3S. The molecule has 0 bridgehead atoms. The van der Waals surface area contributed by atoms with Gasteiger partial charge in [-0.05, 0) is 49.7 Å². The van der Waals surface area contributed by atoms with Crippen molar-refractivity contribution < 1.29 is 13.2 Å². The summed E-state index contributed by atoms with van der Waals surface area (Å²) in [5, 5.41) is 3.62. The van der Waals surface area contributed by atoms with Crippen molar-refractivity contribution in [1.82, 2.24) is 0 Å². The lowest BCUT2D eigenvalue weighted by Crippen LogP contribution is -2.45. The van der Waals surface area contributed by atoms with Gasteiger partial charge in [-0.25, -0.2) is 8.42 Å². The third-order valence-electron chi connectivity index (χ3n) is 3.69. The topological polar surface area (TPSA) is 66.5 Å². The summed E-state index contributed by atoms with van der Waals surface area (Å²) in [6.07, 6.45) is 0.999. The van der Waals surface area contributed by atoms with E-state index in [-0.39, 0.29) is 10.7 Å². The number of carbonyl (C=O) groups is 1. The van der Waals surface area contributed by atoms with E-state index in [1.165, 1.54) is 25.1 Å². The van der Waals surface area contributed by atoms with E-state index in [0.717, 1.165) is 16.1 Å². The number of benzene rings is 2. The largest absolute Gasteiger partial charge is 0.324 e.